The molecule has 0 saturated carbocycles. The highest BCUT2D eigenvalue weighted by Crippen LogP contribution is 2.23. The maximum absolute atomic E-state index is 11.5. The molecule has 1 amide bonds. The molecule has 0 radical (unpaired) electrons. The second-order valence-electron chi connectivity index (χ2n) is 7.39. The number of rotatable bonds is 7. The van der Waals surface area contributed by atoms with E-state index in [-0.39, 0.29) is 5.91 Å². The normalized spacial score (nSPS) is 14.7. The number of ether oxygens (including phenoxy) is 1. The van der Waals surface area contributed by atoms with Gasteiger partial charge >= 0.3 is 0 Å². The molecule has 0 bridgehead atoms. The Morgan fingerprint density at radius 3 is 2.55 bits per heavy atom. The third kappa shape index (κ3) is 6.06. The van der Waals surface area contributed by atoms with Gasteiger partial charge in [-0.3, -0.25) is 4.79 Å². The summed E-state index contributed by atoms with van der Waals surface area (Å²) >= 11 is 0. The van der Waals surface area contributed by atoms with Crippen LogP contribution in [0.1, 0.15) is 25.3 Å². The minimum absolute atomic E-state index is 0.0196. The van der Waals surface area contributed by atoms with Crippen molar-refractivity contribution in [3.05, 3.63) is 54.1 Å². The summed E-state index contributed by atoms with van der Waals surface area (Å²) in [4.78, 5) is 20.8. The Kier molecular flexibility index (Phi) is 7.25. The first-order chi connectivity index (χ1) is 14.0. The fourth-order valence-electron chi connectivity index (χ4n) is 3.19. The van der Waals surface area contributed by atoms with Crippen molar-refractivity contribution in [3.8, 4) is 5.75 Å². The standard InChI is InChI=1S/C23H29N3O3/c1-18(27)26(3)21-9-7-20(8-10-21)17-25(2)22-5-4-6-23(15-22)29-24-16-19-11-13-28-14-12-19/h4-10,15-16,19H,11-14,17H2,1-3H3. The lowest BCUT2D eigenvalue weighted by atomic mass is 10.0. The molecule has 154 valence electrons. The van der Waals surface area contributed by atoms with Crippen LogP contribution in [0.3, 0.4) is 0 Å². The van der Waals surface area contributed by atoms with Gasteiger partial charge < -0.3 is 19.4 Å². The minimum atomic E-state index is 0.0196. The van der Waals surface area contributed by atoms with E-state index >= 15 is 0 Å². The van der Waals surface area contributed by atoms with E-state index < -0.39 is 0 Å². The molecular weight excluding hydrogens is 366 g/mol. The number of anilines is 2. The van der Waals surface area contributed by atoms with Crippen molar-refractivity contribution < 1.29 is 14.4 Å². The molecule has 2 aromatic rings. The lowest BCUT2D eigenvalue weighted by Gasteiger charge is -2.21. The zero-order chi connectivity index (χ0) is 20.6. The summed E-state index contributed by atoms with van der Waals surface area (Å²) in [6.07, 6.45) is 3.88. The van der Waals surface area contributed by atoms with Gasteiger partial charge in [-0.05, 0) is 42.7 Å². The molecule has 0 aliphatic carbocycles. The first kappa shape index (κ1) is 20.9. The Labute approximate surface area is 172 Å². The molecule has 1 fully saturated rings. The molecular formula is C23H29N3O3. The molecule has 29 heavy (non-hydrogen) atoms. The molecule has 0 N–H and O–H groups in total. The first-order valence-corrected chi connectivity index (χ1v) is 9.95. The van der Waals surface area contributed by atoms with Crippen LogP contribution in [0.2, 0.25) is 0 Å². The van der Waals surface area contributed by atoms with E-state index in [1.54, 1.807) is 18.9 Å². The SMILES string of the molecule is CC(=O)N(C)c1ccc(CN(C)c2cccc(ON=CC3CCOCC3)c2)cc1. The van der Waals surface area contributed by atoms with Crippen LogP contribution in [0.5, 0.6) is 5.75 Å². The van der Waals surface area contributed by atoms with Crippen LogP contribution in [0, 0.1) is 5.92 Å². The smallest absolute Gasteiger partial charge is 0.223 e. The summed E-state index contributed by atoms with van der Waals surface area (Å²) in [7, 11) is 3.82. The molecule has 2 aromatic carbocycles. The quantitative estimate of drug-likeness (QED) is 0.523. The molecule has 1 aliphatic heterocycles. The fraction of sp³-hybridized carbons (Fsp3) is 0.391. The monoisotopic (exact) mass is 395 g/mol. The molecule has 6 heteroatoms. The van der Waals surface area contributed by atoms with E-state index in [1.807, 2.05) is 61.8 Å². The van der Waals surface area contributed by atoms with E-state index in [2.05, 4.69) is 10.1 Å². The van der Waals surface area contributed by atoms with Crippen LogP contribution >= 0.6 is 0 Å². The number of carbonyl (C=O) groups excluding carboxylic acids is 1. The maximum Gasteiger partial charge on any atom is 0.223 e. The first-order valence-electron chi connectivity index (χ1n) is 9.95. The fourth-order valence-corrected chi connectivity index (χ4v) is 3.19. The zero-order valence-electron chi connectivity index (χ0n) is 17.4. The topological polar surface area (TPSA) is 54.4 Å². The molecule has 1 aliphatic rings. The van der Waals surface area contributed by atoms with Crippen LogP contribution in [0.25, 0.3) is 0 Å². The maximum atomic E-state index is 11.5. The summed E-state index contributed by atoms with van der Waals surface area (Å²) < 4.78 is 5.36. The number of hydrogen-bond donors (Lipinski definition) is 0. The molecule has 3 rings (SSSR count). The van der Waals surface area contributed by atoms with Crippen LogP contribution < -0.4 is 14.6 Å². The summed E-state index contributed by atoms with van der Waals surface area (Å²) in [5.74, 6) is 1.17. The molecule has 0 spiro atoms. The van der Waals surface area contributed by atoms with Crippen LogP contribution in [0.4, 0.5) is 11.4 Å². The van der Waals surface area contributed by atoms with Gasteiger partial charge in [0.2, 0.25) is 5.91 Å². The predicted molar refractivity (Wildman–Crippen MR) is 117 cm³/mol. The van der Waals surface area contributed by atoms with Gasteiger partial charge in [-0.25, -0.2) is 0 Å². The third-order valence-electron chi connectivity index (χ3n) is 5.17. The van der Waals surface area contributed by atoms with Crippen molar-refractivity contribution in [1.82, 2.24) is 0 Å². The number of hydrogen-bond acceptors (Lipinski definition) is 5. The minimum Gasteiger partial charge on any atom is -0.381 e. The Hall–Kier alpha value is -2.86. The van der Waals surface area contributed by atoms with E-state index in [0.717, 1.165) is 55.3 Å². The Balaban J connectivity index is 1.58. The van der Waals surface area contributed by atoms with Gasteiger partial charge in [0.1, 0.15) is 0 Å². The van der Waals surface area contributed by atoms with Crippen LogP contribution in [-0.2, 0) is 16.1 Å². The van der Waals surface area contributed by atoms with Crippen molar-refractivity contribution in [2.24, 2.45) is 11.1 Å². The predicted octanol–water partition coefficient (Wildman–Crippen LogP) is 4.10. The second-order valence-corrected chi connectivity index (χ2v) is 7.39. The molecule has 0 aromatic heterocycles. The number of carbonyl (C=O) groups is 1. The molecule has 0 unspecified atom stereocenters. The van der Waals surface area contributed by atoms with Gasteiger partial charge in [0.15, 0.2) is 5.75 Å². The number of oxime groups is 1. The van der Waals surface area contributed by atoms with Crippen molar-refractivity contribution in [1.29, 1.82) is 0 Å². The van der Waals surface area contributed by atoms with E-state index in [4.69, 9.17) is 9.57 Å². The van der Waals surface area contributed by atoms with Crippen molar-refractivity contribution in [3.63, 3.8) is 0 Å². The zero-order valence-corrected chi connectivity index (χ0v) is 17.4. The van der Waals surface area contributed by atoms with Gasteiger partial charge in [-0.15, -0.1) is 0 Å². The van der Waals surface area contributed by atoms with Gasteiger partial charge in [0.05, 0.1) is 0 Å². The third-order valence-corrected chi connectivity index (χ3v) is 5.17. The van der Waals surface area contributed by atoms with E-state index in [9.17, 15) is 4.79 Å². The van der Waals surface area contributed by atoms with Crippen molar-refractivity contribution in [2.75, 3.05) is 37.1 Å². The molecule has 1 saturated heterocycles. The average molecular weight is 396 g/mol. The Morgan fingerprint density at radius 2 is 1.86 bits per heavy atom. The summed E-state index contributed by atoms with van der Waals surface area (Å²) in [5, 5.41) is 4.16. The van der Waals surface area contributed by atoms with Crippen molar-refractivity contribution in [2.45, 2.75) is 26.3 Å². The van der Waals surface area contributed by atoms with Crippen LogP contribution in [-0.4, -0.2) is 39.4 Å². The van der Waals surface area contributed by atoms with Gasteiger partial charge in [-0.1, -0.05) is 23.4 Å². The summed E-state index contributed by atoms with van der Waals surface area (Å²) in [5.41, 5.74) is 3.10. The highest BCUT2D eigenvalue weighted by Gasteiger charge is 2.11. The Bertz CT molecular complexity index is 830. The van der Waals surface area contributed by atoms with E-state index in [0.29, 0.717) is 5.92 Å². The number of amides is 1. The van der Waals surface area contributed by atoms with Crippen LogP contribution in [0.15, 0.2) is 53.7 Å². The lowest BCUT2D eigenvalue weighted by Crippen LogP contribution is -2.22. The molecule has 1 heterocycles. The second kappa shape index (κ2) is 10.1. The summed E-state index contributed by atoms with van der Waals surface area (Å²) in [6.45, 7) is 3.90. The average Bonchev–Trinajstić information content (AvgIpc) is 2.74. The number of nitrogens with zero attached hydrogens (tertiary/aromatic N) is 3. The van der Waals surface area contributed by atoms with E-state index in [1.165, 1.54) is 0 Å². The molecule has 0 atom stereocenters. The van der Waals surface area contributed by atoms with Crippen molar-refractivity contribution >= 4 is 23.5 Å². The lowest BCUT2D eigenvalue weighted by molar-refractivity contribution is -0.116. The highest BCUT2D eigenvalue weighted by molar-refractivity contribution is 5.90. The molecule has 6 nitrogen and oxygen atoms in total. The van der Waals surface area contributed by atoms with Gasteiger partial charge in [-0.2, -0.15) is 0 Å². The summed E-state index contributed by atoms with van der Waals surface area (Å²) in [6, 6.07) is 15.9. The highest BCUT2D eigenvalue weighted by atomic mass is 16.6. The Morgan fingerprint density at radius 1 is 1.14 bits per heavy atom. The van der Waals surface area contributed by atoms with Gasteiger partial charge in [0, 0.05) is 70.4 Å². The van der Waals surface area contributed by atoms with Gasteiger partial charge in [0.25, 0.3) is 0 Å². The largest absolute Gasteiger partial charge is 0.381 e. The number of benzene rings is 2.